The van der Waals surface area contributed by atoms with E-state index < -0.39 is 0 Å². The van der Waals surface area contributed by atoms with Gasteiger partial charge in [-0.25, -0.2) is 0 Å². The van der Waals surface area contributed by atoms with Crippen LogP contribution in [0.25, 0.3) is 0 Å². The molecule has 0 saturated heterocycles. The lowest BCUT2D eigenvalue weighted by Crippen LogP contribution is -2.21. The highest BCUT2D eigenvalue weighted by atomic mass is 16.5. The van der Waals surface area contributed by atoms with Crippen LogP contribution in [0.3, 0.4) is 0 Å². The molecule has 0 saturated carbocycles. The Morgan fingerprint density at radius 2 is 2.23 bits per heavy atom. The minimum atomic E-state index is 0.193. The lowest BCUT2D eigenvalue weighted by Gasteiger charge is -2.25. The van der Waals surface area contributed by atoms with Crippen molar-refractivity contribution in [3.63, 3.8) is 0 Å². The van der Waals surface area contributed by atoms with E-state index in [2.05, 4.69) is 32.6 Å². The molecule has 0 N–H and O–H groups in total. The van der Waals surface area contributed by atoms with Crippen molar-refractivity contribution in [2.75, 3.05) is 6.61 Å². The van der Waals surface area contributed by atoms with Crippen LogP contribution in [-0.4, -0.2) is 12.7 Å². The smallest absolute Gasteiger partial charge is 0.0681 e. The molecule has 1 nitrogen and oxygen atoms in total. The lowest BCUT2D eigenvalue weighted by atomic mass is 9.84. The minimum Gasteiger partial charge on any atom is -0.377 e. The van der Waals surface area contributed by atoms with Gasteiger partial charge in [0.15, 0.2) is 0 Å². The maximum Gasteiger partial charge on any atom is 0.0681 e. The second-order valence-electron chi connectivity index (χ2n) is 4.07. The van der Waals surface area contributed by atoms with E-state index in [9.17, 15) is 0 Å². The molecule has 1 aliphatic heterocycles. The first-order valence-electron chi connectivity index (χ1n) is 5.32. The van der Waals surface area contributed by atoms with Crippen LogP contribution in [0.2, 0.25) is 0 Å². The van der Waals surface area contributed by atoms with E-state index >= 15 is 0 Å². The Balaban J connectivity index is 2.61. The number of hydrogen-bond acceptors (Lipinski definition) is 1. The molecule has 0 fully saturated rings. The Hall–Kier alpha value is -0.480. The maximum atomic E-state index is 5.73. The van der Waals surface area contributed by atoms with Crippen molar-refractivity contribution in [3.8, 4) is 11.8 Å². The van der Waals surface area contributed by atoms with Gasteiger partial charge < -0.3 is 4.74 Å². The topological polar surface area (TPSA) is 9.23 Å². The first kappa shape index (κ1) is 10.6. The van der Waals surface area contributed by atoms with Crippen LogP contribution in [0.15, 0.2) is 0 Å². The SMILES string of the molecule is CC[C@@H]1CC#CC(C)(CC)CCO1. The zero-order valence-corrected chi connectivity index (χ0v) is 9.02. The monoisotopic (exact) mass is 180 g/mol. The fourth-order valence-electron chi connectivity index (χ4n) is 1.48. The molecular weight excluding hydrogens is 160 g/mol. The molecule has 0 aromatic heterocycles. The molecule has 1 heteroatoms. The summed E-state index contributed by atoms with van der Waals surface area (Å²) >= 11 is 0. The highest BCUT2D eigenvalue weighted by Gasteiger charge is 2.21. The van der Waals surface area contributed by atoms with E-state index in [0.717, 1.165) is 32.3 Å². The van der Waals surface area contributed by atoms with Crippen LogP contribution in [-0.2, 0) is 4.74 Å². The molecule has 1 heterocycles. The molecular formula is C12H20O. The first-order chi connectivity index (χ1) is 6.20. The van der Waals surface area contributed by atoms with Crippen LogP contribution in [0, 0.1) is 17.3 Å². The Kier molecular flexibility index (Phi) is 3.81. The summed E-state index contributed by atoms with van der Waals surface area (Å²) in [4.78, 5) is 0. The summed E-state index contributed by atoms with van der Waals surface area (Å²) in [7, 11) is 0. The van der Waals surface area contributed by atoms with E-state index in [0.29, 0.717) is 6.10 Å². The third-order valence-corrected chi connectivity index (χ3v) is 2.96. The van der Waals surface area contributed by atoms with Gasteiger partial charge in [0.25, 0.3) is 0 Å². The Bertz CT molecular complexity index is 211. The summed E-state index contributed by atoms with van der Waals surface area (Å²) in [6.45, 7) is 7.47. The van der Waals surface area contributed by atoms with Gasteiger partial charge in [-0.05, 0) is 26.2 Å². The van der Waals surface area contributed by atoms with Crippen molar-refractivity contribution in [1.82, 2.24) is 0 Å². The lowest BCUT2D eigenvalue weighted by molar-refractivity contribution is 0.0379. The van der Waals surface area contributed by atoms with E-state index in [1.165, 1.54) is 0 Å². The van der Waals surface area contributed by atoms with Gasteiger partial charge in [-0.15, -0.1) is 5.92 Å². The number of rotatable bonds is 2. The molecule has 1 unspecified atom stereocenters. The Labute approximate surface area is 81.9 Å². The molecule has 1 rings (SSSR count). The predicted octanol–water partition coefficient (Wildman–Crippen LogP) is 3.00. The third-order valence-electron chi connectivity index (χ3n) is 2.96. The number of ether oxygens (including phenoxy) is 1. The van der Waals surface area contributed by atoms with Crippen LogP contribution >= 0.6 is 0 Å². The highest BCUT2D eigenvalue weighted by molar-refractivity contribution is 5.11. The molecule has 0 amide bonds. The average Bonchev–Trinajstić information content (AvgIpc) is 2.11. The van der Waals surface area contributed by atoms with Crippen LogP contribution in [0.1, 0.15) is 46.5 Å². The summed E-state index contributed by atoms with van der Waals surface area (Å²) in [6.07, 6.45) is 4.56. The van der Waals surface area contributed by atoms with E-state index in [1.807, 2.05) is 0 Å². The van der Waals surface area contributed by atoms with Gasteiger partial charge in [-0.2, -0.15) is 0 Å². The van der Waals surface area contributed by atoms with Crippen LogP contribution in [0.5, 0.6) is 0 Å². The van der Waals surface area contributed by atoms with Crippen molar-refractivity contribution in [2.45, 2.75) is 52.6 Å². The quantitative estimate of drug-likeness (QED) is 0.594. The molecule has 0 aromatic carbocycles. The van der Waals surface area contributed by atoms with Crippen molar-refractivity contribution < 1.29 is 4.74 Å². The van der Waals surface area contributed by atoms with E-state index in [-0.39, 0.29) is 5.41 Å². The van der Waals surface area contributed by atoms with Crippen molar-refractivity contribution >= 4 is 0 Å². The highest BCUT2D eigenvalue weighted by Crippen LogP contribution is 2.26. The molecule has 13 heavy (non-hydrogen) atoms. The molecule has 1 aliphatic rings. The molecule has 2 atom stereocenters. The van der Waals surface area contributed by atoms with E-state index in [4.69, 9.17) is 4.74 Å². The Morgan fingerprint density at radius 3 is 2.85 bits per heavy atom. The summed E-state index contributed by atoms with van der Waals surface area (Å²) in [5, 5.41) is 0. The second-order valence-corrected chi connectivity index (χ2v) is 4.07. The van der Waals surface area contributed by atoms with Gasteiger partial charge in [-0.3, -0.25) is 0 Å². The average molecular weight is 180 g/mol. The van der Waals surface area contributed by atoms with Gasteiger partial charge in [0.05, 0.1) is 6.10 Å². The van der Waals surface area contributed by atoms with Gasteiger partial charge in [-0.1, -0.05) is 19.8 Å². The summed E-state index contributed by atoms with van der Waals surface area (Å²) in [5.74, 6) is 6.64. The van der Waals surface area contributed by atoms with Crippen molar-refractivity contribution in [2.24, 2.45) is 5.41 Å². The first-order valence-corrected chi connectivity index (χ1v) is 5.32. The summed E-state index contributed by atoms with van der Waals surface area (Å²) in [6, 6.07) is 0. The fourth-order valence-corrected chi connectivity index (χ4v) is 1.48. The molecule has 0 bridgehead atoms. The van der Waals surface area contributed by atoms with Crippen LogP contribution in [0.4, 0.5) is 0 Å². The zero-order valence-electron chi connectivity index (χ0n) is 9.02. The van der Waals surface area contributed by atoms with Crippen LogP contribution < -0.4 is 0 Å². The second kappa shape index (κ2) is 4.67. The molecule has 0 aromatic rings. The fraction of sp³-hybridized carbons (Fsp3) is 0.833. The standard InChI is InChI=1S/C12H20O/c1-4-11-7-6-8-12(3,5-2)9-10-13-11/h11H,4-5,7,9-10H2,1-3H3/t11-,12?/m1/s1. The normalized spacial score (nSPS) is 34.2. The summed E-state index contributed by atoms with van der Waals surface area (Å²) < 4.78 is 5.73. The zero-order chi connectivity index (χ0) is 9.73. The molecule has 0 aliphatic carbocycles. The van der Waals surface area contributed by atoms with E-state index in [1.54, 1.807) is 0 Å². The van der Waals surface area contributed by atoms with Gasteiger partial charge >= 0.3 is 0 Å². The van der Waals surface area contributed by atoms with Crippen molar-refractivity contribution in [3.05, 3.63) is 0 Å². The minimum absolute atomic E-state index is 0.193. The van der Waals surface area contributed by atoms with Gasteiger partial charge in [0.1, 0.15) is 0 Å². The summed E-state index contributed by atoms with van der Waals surface area (Å²) in [5.41, 5.74) is 0.193. The Morgan fingerprint density at radius 1 is 1.46 bits per heavy atom. The number of hydrogen-bond donors (Lipinski definition) is 0. The molecule has 74 valence electrons. The third kappa shape index (κ3) is 3.04. The predicted molar refractivity (Wildman–Crippen MR) is 55.4 cm³/mol. The molecule has 0 radical (unpaired) electrons. The maximum absolute atomic E-state index is 5.73. The molecule has 0 spiro atoms. The van der Waals surface area contributed by atoms with Crippen molar-refractivity contribution in [1.29, 1.82) is 0 Å². The van der Waals surface area contributed by atoms with Gasteiger partial charge in [0.2, 0.25) is 0 Å². The largest absolute Gasteiger partial charge is 0.377 e. The van der Waals surface area contributed by atoms with Gasteiger partial charge in [0, 0.05) is 18.4 Å².